The third-order valence-corrected chi connectivity index (χ3v) is 10.9. The van der Waals surface area contributed by atoms with Crippen LogP contribution in [0.2, 0.25) is 0 Å². The molecule has 0 saturated carbocycles. The van der Waals surface area contributed by atoms with Crippen LogP contribution in [-0.4, -0.2) is 0 Å². The third kappa shape index (κ3) is 4.45. The fraction of sp³-hybridized carbons (Fsp3) is 0.0612. The van der Waals surface area contributed by atoms with Gasteiger partial charge in [0.25, 0.3) is 0 Å². The second kappa shape index (κ2) is 10.5. The minimum Gasteiger partial charge on any atom is -0.0616 e. The number of fused-ring (bicyclic) bond motifs is 8. The molecular weight excluding hydrogens is 589 g/mol. The Hall–Kier alpha value is -5.98. The molecule has 0 spiro atoms. The van der Waals surface area contributed by atoms with E-state index in [1.54, 1.807) is 0 Å². The van der Waals surface area contributed by atoms with Gasteiger partial charge < -0.3 is 0 Å². The summed E-state index contributed by atoms with van der Waals surface area (Å²) in [7, 11) is 0. The molecule has 230 valence electrons. The molecule has 9 aromatic rings. The van der Waals surface area contributed by atoms with Crippen molar-refractivity contribution in [2.24, 2.45) is 0 Å². The van der Waals surface area contributed by atoms with Crippen LogP contribution in [0, 0.1) is 0 Å². The van der Waals surface area contributed by atoms with E-state index >= 15 is 0 Å². The maximum atomic E-state index is 2.41. The number of rotatable bonds is 3. The van der Waals surface area contributed by atoms with Crippen LogP contribution in [-0.2, 0) is 5.41 Å². The van der Waals surface area contributed by atoms with Gasteiger partial charge >= 0.3 is 0 Å². The van der Waals surface area contributed by atoms with E-state index in [-0.39, 0.29) is 5.41 Å². The highest BCUT2D eigenvalue weighted by Crippen LogP contribution is 2.52. The fourth-order valence-corrected chi connectivity index (χ4v) is 8.37. The average Bonchev–Trinajstić information content (AvgIpc) is 3.38. The molecule has 0 aliphatic heterocycles. The number of hydrogen-bond acceptors (Lipinski definition) is 0. The Bertz CT molecular complexity index is 2800. The average molecular weight is 623 g/mol. The van der Waals surface area contributed by atoms with E-state index in [0.717, 1.165) is 0 Å². The van der Waals surface area contributed by atoms with Gasteiger partial charge in [-0.1, -0.05) is 141 Å². The highest BCUT2D eigenvalue weighted by molar-refractivity contribution is 6.02. The van der Waals surface area contributed by atoms with Gasteiger partial charge in [0.05, 0.1) is 0 Å². The summed E-state index contributed by atoms with van der Waals surface area (Å²) < 4.78 is 0. The van der Waals surface area contributed by atoms with Gasteiger partial charge in [0.1, 0.15) is 0 Å². The molecule has 0 nitrogen and oxygen atoms in total. The van der Waals surface area contributed by atoms with Gasteiger partial charge in [-0.25, -0.2) is 0 Å². The van der Waals surface area contributed by atoms with Crippen molar-refractivity contribution in [2.45, 2.75) is 19.3 Å². The molecule has 0 atom stereocenters. The van der Waals surface area contributed by atoms with Crippen molar-refractivity contribution >= 4 is 43.1 Å². The lowest BCUT2D eigenvalue weighted by atomic mass is 9.79. The summed E-state index contributed by atoms with van der Waals surface area (Å²) in [6.07, 6.45) is 0. The summed E-state index contributed by atoms with van der Waals surface area (Å²) in [5, 5.41) is 10.3. The van der Waals surface area contributed by atoms with Crippen molar-refractivity contribution in [1.82, 2.24) is 0 Å². The molecule has 0 saturated heterocycles. The summed E-state index contributed by atoms with van der Waals surface area (Å²) in [5.74, 6) is 0. The largest absolute Gasteiger partial charge is 0.0616 e. The molecule has 0 aromatic heterocycles. The second-order valence-electron chi connectivity index (χ2n) is 14.2. The van der Waals surface area contributed by atoms with E-state index in [1.165, 1.54) is 98.7 Å². The molecule has 0 heteroatoms. The molecule has 9 aromatic carbocycles. The Labute approximate surface area is 286 Å². The SMILES string of the molecule is CC1(C)c2cc3ccccc3cc2-c2ccc3cc(-c4cccc(-c5ccc6cc(-c7ccc8ccccc8c7)ccc6c5)c4)ccc3c21. The first-order chi connectivity index (χ1) is 24.0. The van der Waals surface area contributed by atoms with Crippen LogP contribution in [0.1, 0.15) is 25.0 Å². The van der Waals surface area contributed by atoms with E-state index < -0.39 is 0 Å². The lowest BCUT2D eigenvalue weighted by Crippen LogP contribution is -2.15. The van der Waals surface area contributed by atoms with Crippen LogP contribution in [0.3, 0.4) is 0 Å². The van der Waals surface area contributed by atoms with Crippen molar-refractivity contribution in [3.05, 3.63) is 181 Å². The summed E-state index contributed by atoms with van der Waals surface area (Å²) >= 11 is 0. The fourth-order valence-electron chi connectivity index (χ4n) is 8.37. The predicted octanol–water partition coefficient (Wildman–Crippen LogP) is 13.6. The topological polar surface area (TPSA) is 0 Å². The van der Waals surface area contributed by atoms with E-state index in [0.29, 0.717) is 0 Å². The third-order valence-electron chi connectivity index (χ3n) is 10.9. The van der Waals surface area contributed by atoms with Gasteiger partial charge in [0.2, 0.25) is 0 Å². The summed E-state index contributed by atoms with van der Waals surface area (Å²) in [6, 6.07) is 63.2. The van der Waals surface area contributed by atoms with Gasteiger partial charge in [0.15, 0.2) is 0 Å². The van der Waals surface area contributed by atoms with E-state index in [1.807, 2.05) is 0 Å². The van der Waals surface area contributed by atoms with Crippen LogP contribution in [0.25, 0.3) is 87.6 Å². The van der Waals surface area contributed by atoms with Crippen molar-refractivity contribution in [3.8, 4) is 44.5 Å². The van der Waals surface area contributed by atoms with Crippen LogP contribution in [0.15, 0.2) is 170 Å². The first kappa shape index (κ1) is 28.1. The lowest BCUT2D eigenvalue weighted by Gasteiger charge is -2.23. The Morgan fingerprint density at radius 1 is 0.306 bits per heavy atom. The molecule has 1 aliphatic rings. The van der Waals surface area contributed by atoms with Crippen LogP contribution >= 0.6 is 0 Å². The Kier molecular flexibility index (Phi) is 6.02. The summed E-state index contributed by atoms with van der Waals surface area (Å²) in [5.41, 5.74) is 13.0. The highest BCUT2D eigenvalue weighted by atomic mass is 14.4. The molecular formula is C49H34. The number of hydrogen-bond donors (Lipinski definition) is 0. The normalized spacial score (nSPS) is 13.3. The maximum Gasteiger partial charge on any atom is 0.0165 e. The molecule has 0 heterocycles. The first-order valence-electron chi connectivity index (χ1n) is 17.2. The molecule has 0 N–H and O–H groups in total. The van der Waals surface area contributed by atoms with E-state index in [9.17, 15) is 0 Å². The van der Waals surface area contributed by atoms with Gasteiger partial charge in [-0.15, -0.1) is 0 Å². The van der Waals surface area contributed by atoms with Gasteiger partial charge in [-0.2, -0.15) is 0 Å². The van der Waals surface area contributed by atoms with Gasteiger partial charge in [-0.05, 0) is 141 Å². The quantitative estimate of drug-likeness (QED) is 0.184. The molecule has 49 heavy (non-hydrogen) atoms. The van der Waals surface area contributed by atoms with Gasteiger partial charge in [-0.3, -0.25) is 0 Å². The first-order valence-corrected chi connectivity index (χ1v) is 17.2. The van der Waals surface area contributed by atoms with Crippen molar-refractivity contribution < 1.29 is 0 Å². The molecule has 0 bridgehead atoms. The minimum atomic E-state index is -0.0675. The van der Waals surface area contributed by atoms with E-state index in [2.05, 4.69) is 184 Å². The standard InChI is InChI=1S/C49H34/c1-49(2)47-30-36-11-6-5-10-35(36)29-46(47)45-23-21-43-28-42(20-22-44(43)48(45)49)34-13-7-12-33(25-34)37-16-17-41-27-40(19-18-39(41)26-37)38-15-14-31-8-3-4-9-32(31)24-38/h3-30H,1-2H3. The zero-order chi connectivity index (χ0) is 32.7. The zero-order valence-corrected chi connectivity index (χ0v) is 27.7. The zero-order valence-electron chi connectivity index (χ0n) is 27.7. The Morgan fingerprint density at radius 2 is 0.755 bits per heavy atom. The van der Waals surface area contributed by atoms with Gasteiger partial charge in [0, 0.05) is 5.41 Å². The predicted molar refractivity (Wildman–Crippen MR) is 210 cm³/mol. The summed E-state index contributed by atoms with van der Waals surface area (Å²) in [6.45, 7) is 4.77. The molecule has 1 aliphatic carbocycles. The second-order valence-corrected chi connectivity index (χ2v) is 14.2. The Morgan fingerprint density at radius 3 is 1.39 bits per heavy atom. The maximum absolute atomic E-state index is 2.41. The minimum absolute atomic E-state index is 0.0675. The van der Waals surface area contributed by atoms with Crippen molar-refractivity contribution in [3.63, 3.8) is 0 Å². The molecule has 0 unspecified atom stereocenters. The molecule has 10 rings (SSSR count). The smallest absolute Gasteiger partial charge is 0.0165 e. The Balaban J connectivity index is 0.993. The van der Waals surface area contributed by atoms with E-state index in [4.69, 9.17) is 0 Å². The van der Waals surface area contributed by atoms with Crippen molar-refractivity contribution in [2.75, 3.05) is 0 Å². The number of benzene rings is 9. The van der Waals surface area contributed by atoms with Crippen LogP contribution in [0.4, 0.5) is 0 Å². The lowest BCUT2D eigenvalue weighted by molar-refractivity contribution is 0.667. The molecule has 0 amide bonds. The summed E-state index contributed by atoms with van der Waals surface area (Å²) in [4.78, 5) is 0. The molecule has 0 radical (unpaired) electrons. The van der Waals surface area contributed by atoms with Crippen LogP contribution < -0.4 is 0 Å². The molecule has 0 fully saturated rings. The monoisotopic (exact) mass is 622 g/mol. The highest BCUT2D eigenvalue weighted by Gasteiger charge is 2.37. The van der Waals surface area contributed by atoms with Crippen LogP contribution in [0.5, 0.6) is 0 Å². The van der Waals surface area contributed by atoms with Crippen molar-refractivity contribution in [1.29, 1.82) is 0 Å².